The molecule has 1 heterocycles. The average molecular weight is 286 g/mol. The SMILES string of the molecule is COC(=O)c1oc(CSC(C(=O)O)C(C)C)cc1C. The highest BCUT2D eigenvalue weighted by molar-refractivity contribution is 7.99. The van der Waals surface area contributed by atoms with E-state index in [0.29, 0.717) is 17.1 Å². The van der Waals surface area contributed by atoms with Gasteiger partial charge < -0.3 is 14.3 Å². The Bertz CT molecular complexity index is 464. The third-order valence-corrected chi connectivity index (χ3v) is 4.15. The van der Waals surface area contributed by atoms with Crippen molar-refractivity contribution in [3.8, 4) is 0 Å². The number of aliphatic carboxylic acids is 1. The van der Waals surface area contributed by atoms with Crippen LogP contribution in [-0.4, -0.2) is 29.4 Å². The topological polar surface area (TPSA) is 76.7 Å². The molecule has 106 valence electrons. The molecular formula is C13H18O5S. The standard InChI is InChI=1S/C13H18O5S/c1-7(2)11(12(14)15)19-6-9-5-8(3)10(18-9)13(16)17-4/h5,7,11H,6H2,1-4H3,(H,14,15). The van der Waals surface area contributed by atoms with Crippen molar-refractivity contribution in [2.24, 2.45) is 5.92 Å². The van der Waals surface area contributed by atoms with E-state index < -0.39 is 17.2 Å². The number of carboxylic acids is 1. The Labute approximate surface area is 116 Å². The molecule has 5 nitrogen and oxygen atoms in total. The van der Waals surface area contributed by atoms with E-state index in [1.54, 1.807) is 13.0 Å². The maximum absolute atomic E-state index is 11.4. The number of carbonyl (C=O) groups is 2. The van der Waals surface area contributed by atoms with Crippen molar-refractivity contribution in [1.29, 1.82) is 0 Å². The van der Waals surface area contributed by atoms with Crippen LogP contribution in [0.2, 0.25) is 0 Å². The van der Waals surface area contributed by atoms with E-state index in [9.17, 15) is 9.59 Å². The zero-order valence-corrected chi connectivity index (χ0v) is 12.2. The number of hydrogen-bond acceptors (Lipinski definition) is 5. The second kappa shape index (κ2) is 6.65. The molecule has 0 saturated heterocycles. The van der Waals surface area contributed by atoms with E-state index in [1.807, 2.05) is 13.8 Å². The summed E-state index contributed by atoms with van der Waals surface area (Å²) in [7, 11) is 1.29. The first-order chi connectivity index (χ1) is 8.86. The molecule has 0 aliphatic rings. The molecule has 0 aliphatic heterocycles. The van der Waals surface area contributed by atoms with E-state index in [4.69, 9.17) is 9.52 Å². The number of hydrogen-bond donors (Lipinski definition) is 1. The Morgan fingerprint density at radius 1 is 1.47 bits per heavy atom. The van der Waals surface area contributed by atoms with Gasteiger partial charge in [-0.3, -0.25) is 4.79 Å². The minimum atomic E-state index is -0.837. The predicted octanol–water partition coefficient (Wildman–Crippen LogP) is 2.72. The molecule has 0 bridgehead atoms. The van der Waals surface area contributed by atoms with Crippen LogP contribution in [-0.2, 0) is 15.3 Å². The van der Waals surface area contributed by atoms with Crippen molar-refractivity contribution < 1.29 is 23.8 Å². The summed E-state index contributed by atoms with van der Waals surface area (Å²) in [6.07, 6.45) is 0. The average Bonchev–Trinajstić information content (AvgIpc) is 2.69. The highest BCUT2D eigenvalue weighted by Crippen LogP contribution is 2.26. The van der Waals surface area contributed by atoms with E-state index in [0.717, 1.165) is 0 Å². The van der Waals surface area contributed by atoms with Crippen molar-refractivity contribution in [1.82, 2.24) is 0 Å². The fraction of sp³-hybridized carbons (Fsp3) is 0.538. The van der Waals surface area contributed by atoms with Gasteiger partial charge in [0.2, 0.25) is 5.76 Å². The highest BCUT2D eigenvalue weighted by atomic mass is 32.2. The first-order valence-electron chi connectivity index (χ1n) is 5.88. The Morgan fingerprint density at radius 3 is 2.58 bits per heavy atom. The third kappa shape index (κ3) is 4.02. The number of methoxy groups -OCH3 is 1. The zero-order chi connectivity index (χ0) is 14.6. The summed E-state index contributed by atoms with van der Waals surface area (Å²) < 4.78 is 9.99. The number of aryl methyl sites for hydroxylation is 1. The van der Waals surface area contributed by atoms with Gasteiger partial charge in [-0.1, -0.05) is 13.8 Å². The number of thioether (sulfide) groups is 1. The molecule has 0 spiro atoms. The van der Waals surface area contributed by atoms with Crippen LogP contribution >= 0.6 is 11.8 Å². The number of furan rings is 1. The van der Waals surface area contributed by atoms with Crippen LogP contribution in [0.5, 0.6) is 0 Å². The summed E-state index contributed by atoms with van der Waals surface area (Å²) >= 11 is 1.29. The fourth-order valence-electron chi connectivity index (χ4n) is 1.64. The third-order valence-electron chi connectivity index (χ3n) is 2.59. The van der Waals surface area contributed by atoms with Crippen LogP contribution in [0.15, 0.2) is 10.5 Å². The van der Waals surface area contributed by atoms with Gasteiger partial charge in [0.25, 0.3) is 0 Å². The molecule has 1 aromatic rings. The lowest BCUT2D eigenvalue weighted by Crippen LogP contribution is -2.22. The number of carbonyl (C=O) groups excluding carboxylic acids is 1. The van der Waals surface area contributed by atoms with Crippen molar-refractivity contribution in [3.63, 3.8) is 0 Å². The van der Waals surface area contributed by atoms with Crippen molar-refractivity contribution in [2.75, 3.05) is 7.11 Å². The van der Waals surface area contributed by atoms with Crippen LogP contribution < -0.4 is 0 Å². The lowest BCUT2D eigenvalue weighted by atomic mass is 10.1. The maximum atomic E-state index is 11.4. The first kappa shape index (κ1) is 15.6. The molecule has 1 aromatic heterocycles. The quantitative estimate of drug-likeness (QED) is 0.810. The Hall–Kier alpha value is -1.43. The van der Waals surface area contributed by atoms with Gasteiger partial charge in [-0.15, -0.1) is 11.8 Å². The molecule has 19 heavy (non-hydrogen) atoms. The van der Waals surface area contributed by atoms with Gasteiger partial charge >= 0.3 is 11.9 Å². The molecule has 0 aromatic carbocycles. The second-order valence-corrected chi connectivity index (χ2v) is 5.66. The molecule has 0 saturated carbocycles. The molecule has 6 heteroatoms. The van der Waals surface area contributed by atoms with Gasteiger partial charge in [-0.05, 0) is 18.9 Å². The minimum absolute atomic E-state index is 0.0265. The molecule has 1 rings (SSSR count). The lowest BCUT2D eigenvalue weighted by Gasteiger charge is -2.14. The number of carboxylic acid groups (broad SMARTS) is 1. The first-order valence-corrected chi connectivity index (χ1v) is 6.93. The summed E-state index contributed by atoms with van der Waals surface area (Å²) in [5.41, 5.74) is 0.693. The summed E-state index contributed by atoms with van der Waals surface area (Å²) in [5.74, 6) is -0.167. The molecule has 0 aliphatic carbocycles. The smallest absolute Gasteiger partial charge is 0.374 e. The van der Waals surface area contributed by atoms with Gasteiger partial charge in [0.1, 0.15) is 11.0 Å². The van der Waals surface area contributed by atoms with Gasteiger partial charge in [-0.2, -0.15) is 0 Å². The summed E-state index contributed by atoms with van der Waals surface area (Å²) in [4.78, 5) is 22.4. The minimum Gasteiger partial charge on any atom is -0.480 e. The summed E-state index contributed by atoms with van der Waals surface area (Å²) in [5, 5.41) is 8.59. The van der Waals surface area contributed by atoms with E-state index in [-0.39, 0.29) is 11.7 Å². The van der Waals surface area contributed by atoms with Crippen molar-refractivity contribution >= 4 is 23.7 Å². The Balaban J connectivity index is 2.73. The molecule has 0 fully saturated rings. The van der Waals surface area contributed by atoms with Crippen LogP contribution in [0.25, 0.3) is 0 Å². The van der Waals surface area contributed by atoms with Crippen LogP contribution in [0.4, 0.5) is 0 Å². The lowest BCUT2D eigenvalue weighted by molar-refractivity contribution is -0.137. The number of esters is 1. The largest absolute Gasteiger partial charge is 0.480 e. The summed E-state index contributed by atoms with van der Waals surface area (Å²) in [6.45, 7) is 5.47. The monoisotopic (exact) mass is 286 g/mol. The van der Waals surface area contributed by atoms with Crippen LogP contribution in [0.1, 0.15) is 35.7 Å². The second-order valence-electron chi connectivity index (χ2n) is 4.53. The molecular weight excluding hydrogens is 268 g/mol. The van der Waals surface area contributed by atoms with Crippen molar-refractivity contribution in [3.05, 3.63) is 23.2 Å². The molecule has 1 atom stereocenters. The van der Waals surface area contributed by atoms with Gasteiger partial charge in [0, 0.05) is 5.56 Å². The highest BCUT2D eigenvalue weighted by Gasteiger charge is 2.23. The number of ether oxygens (including phenoxy) is 1. The zero-order valence-electron chi connectivity index (χ0n) is 11.4. The van der Waals surface area contributed by atoms with Crippen LogP contribution in [0.3, 0.4) is 0 Å². The van der Waals surface area contributed by atoms with Gasteiger partial charge in [-0.25, -0.2) is 4.79 Å². The maximum Gasteiger partial charge on any atom is 0.374 e. The fourth-order valence-corrected chi connectivity index (χ4v) is 2.65. The molecule has 1 unspecified atom stereocenters. The summed E-state index contributed by atoms with van der Waals surface area (Å²) in [6, 6.07) is 1.73. The number of rotatable bonds is 6. The Kier molecular flexibility index (Phi) is 5.47. The molecule has 0 amide bonds. The van der Waals surface area contributed by atoms with Gasteiger partial charge in [0.15, 0.2) is 0 Å². The Morgan fingerprint density at radius 2 is 2.11 bits per heavy atom. The van der Waals surface area contributed by atoms with Crippen LogP contribution in [0, 0.1) is 12.8 Å². The molecule has 0 radical (unpaired) electrons. The predicted molar refractivity (Wildman–Crippen MR) is 72.3 cm³/mol. The van der Waals surface area contributed by atoms with Crippen molar-refractivity contribution in [2.45, 2.75) is 31.8 Å². The van der Waals surface area contributed by atoms with E-state index in [1.165, 1.54) is 18.9 Å². The van der Waals surface area contributed by atoms with E-state index in [2.05, 4.69) is 4.74 Å². The van der Waals surface area contributed by atoms with Gasteiger partial charge in [0.05, 0.1) is 12.9 Å². The normalized spacial score (nSPS) is 12.5. The van der Waals surface area contributed by atoms with E-state index >= 15 is 0 Å². The molecule has 1 N–H and O–H groups in total.